The molecule has 0 aromatic heterocycles. The quantitative estimate of drug-likeness (QED) is 0.855. The Bertz CT molecular complexity index is 416. The number of hydrogen-bond donors (Lipinski definition) is 1. The van der Waals surface area contributed by atoms with Crippen LogP contribution in [0.5, 0.6) is 11.5 Å². The predicted molar refractivity (Wildman–Crippen MR) is 76.4 cm³/mol. The molecule has 1 aliphatic heterocycles. The van der Waals surface area contributed by atoms with Gasteiger partial charge in [0, 0.05) is 31.3 Å². The molecular weight excluding hydrogens is 258 g/mol. The number of ether oxygens (including phenoxy) is 3. The maximum atomic E-state index is 9.77. The van der Waals surface area contributed by atoms with E-state index < -0.39 is 6.10 Å². The SMILES string of the molecule is COc1ccc(C(C)O)c(OCCN2CCOCC2)c1. The van der Waals surface area contributed by atoms with Crippen LogP contribution in [0.4, 0.5) is 0 Å². The van der Waals surface area contributed by atoms with Gasteiger partial charge in [-0.1, -0.05) is 0 Å². The summed E-state index contributed by atoms with van der Waals surface area (Å²) in [7, 11) is 1.62. The van der Waals surface area contributed by atoms with Crippen molar-refractivity contribution in [2.45, 2.75) is 13.0 Å². The third-order valence-electron chi connectivity index (χ3n) is 3.44. The van der Waals surface area contributed by atoms with Crippen LogP contribution >= 0.6 is 0 Å². The van der Waals surface area contributed by atoms with Gasteiger partial charge < -0.3 is 19.3 Å². The molecule has 1 aliphatic rings. The Morgan fingerprint density at radius 3 is 2.75 bits per heavy atom. The smallest absolute Gasteiger partial charge is 0.128 e. The largest absolute Gasteiger partial charge is 0.497 e. The highest BCUT2D eigenvalue weighted by molar-refractivity contribution is 5.41. The van der Waals surface area contributed by atoms with Crippen LogP contribution in [0.2, 0.25) is 0 Å². The molecule has 0 aliphatic carbocycles. The standard InChI is InChI=1S/C15H23NO4/c1-12(17)14-4-3-13(18-2)11-15(14)20-10-7-16-5-8-19-9-6-16/h3-4,11-12,17H,5-10H2,1-2H3. The monoisotopic (exact) mass is 281 g/mol. The first-order chi connectivity index (χ1) is 9.70. The highest BCUT2D eigenvalue weighted by Crippen LogP contribution is 2.29. The molecule has 1 saturated heterocycles. The molecule has 1 heterocycles. The van der Waals surface area contributed by atoms with Gasteiger partial charge in [0.05, 0.1) is 26.4 Å². The van der Waals surface area contributed by atoms with E-state index in [1.54, 1.807) is 14.0 Å². The van der Waals surface area contributed by atoms with Crippen molar-refractivity contribution in [1.82, 2.24) is 4.90 Å². The van der Waals surface area contributed by atoms with Crippen molar-refractivity contribution < 1.29 is 19.3 Å². The molecule has 20 heavy (non-hydrogen) atoms. The fourth-order valence-corrected chi connectivity index (χ4v) is 2.22. The molecule has 5 heteroatoms. The summed E-state index contributed by atoms with van der Waals surface area (Å²) >= 11 is 0. The zero-order valence-corrected chi connectivity index (χ0v) is 12.2. The molecule has 5 nitrogen and oxygen atoms in total. The van der Waals surface area contributed by atoms with Gasteiger partial charge in [-0.2, -0.15) is 0 Å². The normalized spacial score (nSPS) is 17.8. The molecule has 1 aromatic carbocycles. The second-order valence-corrected chi connectivity index (χ2v) is 4.88. The Morgan fingerprint density at radius 1 is 1.35 bits per heavy atom. The first kappa shape index (κ1) is 15.1. The summed E-state index contributed by atoms with van der Waals surface area (Å²) in [6.07, 6.45) is -0.556. The Hall–Kier alpha value is -1.30. The van der Waals surface area contributed by atoms with E-state index in [0.29, 0.717) is 12.4 Å². The van der Waals surface area contributed by atoms with Crippen molar-refractivity contribution in [2.75, 3.05) is 46.6 Å². The molecule has 0 bridgehead atoms. The van der Waals surface area contributed by atoms with Gasteiger partial charge >= 0.3 is 0 Å². The van der Waals surface area contributed by atoms with Gasteiger partial charge in [0.15, 0.2) is 0 Å². The highest BCUT2D eigenvalue weighted by Gasteiger charge is 2.13. The second-order valence-electron chi connectivity index (χ2n) is 4.88. The van der Waals surface area contributed by atoms with Crippen LogP contribution in [-0.2, 0) is 4.74 Å². The number of benzene rings is 1. The molecule has 0 saturated carbocycles. The van der Waals surface area contributed by atoms with Gasteiger partial charge in [0.25, 0.3) is 0 Å². The second kappa shape index (κ2) is 7.47. The molecule has 2 rings (SSSR count). The summed E-state index contributed by atoms with van der Waals surface area (Å²) in [5.41, 5.74) is 0.785. The van der Waals surface area contributed by atoms with Crippen LogP contribution in [0, 0.1) is 0 Å². The van der Waals surface area contributed by atoms with E-state index in [1.165, 1.54) is 0 Å². The van der Waals surface area contributed by atoms with Crippen LogP contribution in [0.15, 0.2) is 18.2 Å². The number of methoxy groups -OCH3 is 1. The number of aliphatic hydroxyl groups excluding tert-OH is 1. The molecule has 1 atom stereocenters. The predicted octanol–water partition coefficient (Wildman–Crippen LogP) is 1.46. The molecule has 1 fully saturated rings. The van der Waals surface area contributed by atoms with E-state index in [4.69, 9.17) is 14.2 Å². The minimum atomic E-state index is -0.556. The van der Waals surface area contributed by atoms with E-state index in [2.05, 4.69) is 4.90 Å². The van der Waals surface area contributed by atoms with Crippen molar-refractivity contribution in [3.8, 4) is 11.5 Å². The minimum absolute atomic E-state index is 0.556. The van der Waals surface area contributed by atoms with Gasteiger partial charge in [0.1, 0.15) is 18.1 Å². The van der Waals surface area contributed by atoms with Crippen LogP contribution in [0.25, 0.3) is 0 Å². The van der Waals surface area contributed by atoms with Crippen molar-refractivity contribution in [3.63, 3.8) is 0 Å². The van der Waals surface area contributed by atoms with Crippen molar-refractivity contribution in [1.29, 1.82) is 0 Å². The molecule has 112 valence electrons. The molecule has 1 unspecified atom stereocenters. The molecule has 1 N–H and O–H groups in total. The fraction of sp³-hybridized carbons (Fsp3) is 0.600. The molecular formula is C15H23NO4. The molecule has 0 amide bonds. The number of nitrogens with zero attached hydrogens (tertiary/aromatic N) is 1. The van der Waals surface area contributed by atoms with Crippen molar-refractivity contribution in [3.05, 3.63) is 23.8 Å². The topological polar surface area (TPSA) is 51.2 Å². The summed E-state index contributed by atoms with van der Waals surface area (Å²) < 4.78 is 16.3. The first-order valence-corrected chi connectivity index (χ1v) is 6.99. The summed E-state index contributed by atoms with van der Waals surface area (Å²) in [6, 6.07) is 5.49. The van der Waals surface area contributed by atoms with Crippen LogP contribution in [0.3, 0.4) is 0 Å². The fourth-order valence-electron chi connectivity index (χ4n) is 2.22. The number of rotatable bonds is 6. The Labute approximate surface area is 120 Å². The summed E-state index contributed by atoms with van der Waals surface area (Å²) in [5.74, 6) is 1.42. The minimum Gasteiger partial charge on any atom is -0.497 e. The van der Waals surface area contributed by atoms with Gasteiger partial charge in [0.2, 0.25) is 0 Å². The van der Waals surface area contributed by atoms with Gasteiger partial charge in [-0.15, -0.1) is 0 Å². The van der Waals surface area contributed by atoms with Crippen LogP contribution in [-0.4, -0.2) is 56.6 Å². The third kappa shape index (κ3) is 4.10. The summed E-state index contributed by atoms with van der Waals surface area (Å²) in [4.78, 5) is 2.31. The average molecular weight is 281 g/mol. The first-order valence-electron chi connectivity index (χ1n) is 6.99. The Kier molecular flexibility index (Phi) is 5.64. The van der Waals surface area contributed by atoms with E-state index >= 15 is 0 Å². The number of aliphatic hydroxyl groups is 1. The van der Waals surface area contributed by atoms with E-state index in [0.717, 1.165) is 44.2 Å². The lowest BCUT2D eigenvalue weighted by molar-refractivity contribution is 0.0320. The van der Waals surface area contributed by atoms with Crippen molar-refractivity contribution in [2.24, 2.45) is 0 Å². The van der Waals surface area contributed by atoms with Gasteiger partial charge in [-0.25, -0.2) is 0 Å². The van der Waals surface area contributed by atoms with E-state index in [-0.39, 0.29) is 0 Å². The van der Waals surface area contributed by atoms with E-state index in [1.807, 2.05) is 18.2 Å². The lowest BCUT2D eigenvalue weighted by Gasteiger charge is -2.26. The maximum Gasteiger partial charge on any atom is 0.128 e. The van der Waals surface area contributed by atoms with Gasteiger partial charge in [-0.3, -0.25) is 4.90 Å². The lowest BCUT2D eigenvalue weighted by Crippen LogP contribution is -2.38. The zero-order chi connectivity index (χ0) is 14.4. The average Bonchev–Trinajstić information content (AvgIpc) is 2.48. The summed E-state index contributed by atoms with van der Waals surface area (Å²) in [6.45, 7) is 6.66. The highest BCUT2D eigenvalue weighted by atomic mass is 16.5. The van der Waals surface area contributed by atoms with Crippen LogP contribution < -0.4 is 9.47 Å². The molecule has 1 aromatic rings. The molecule has 0 radical (unpaired) electrons. The zero-order valence-electron chi connectivity index (χ0n) is 12.2. The number of morpholine rings is 1. The summed E-state index contributed by atoms with van der Waals surface area (Å²) in [5, 5.41) is 9.77. The van der Waals surface area contributed by atoms with E-state index in [9.17, 15) is 5.11 Å². The maximum absolute atomic E-state index is 9.77. The van der Waals surface area contributed by atoms with Crippen molar-refractivity contribution >= 4 is 0 Å². The third-order valence-corrected chi connectivity index (χ3v) is 3.44. The number of hydrogen-bond acceptors (Lipinski definition) is 5. The Morgan fingerprint density at radius 2 is 2.10 bits per heavy atom. The molecule has 0 spiro atoms. The Balaban J connectivity index is 1.92. The van der Waals surface area contributed by atoms with Crippen LogP contribution in [0.1, 0.15) is 18.6 Å². The van der Waals surface area contributed by atoms with Gasteiger partial charge in [-0.05, 0) is 19.1 Å². The lowest BCUT2D eigenvalue weighted by atomic mass is 10.1.